The fourth-order valence-corrected chi connectivity index (χ4v) is 3.01. The van der Waals surface area contributed by atoms with E-state index in [4.69, 9.17) is 23.2 Å². The van der Waals surface area contributed by atoms with Crippen LogP contribution in [0.4, 0.5) is 10.6 Å². The van der Waals surface area contributed by atoms with Crippen LogP contribution in [-0.2, 0) is 10.0 Å². The highest BCUT2D eigenvalue weighted by Crippen LogP contribution is 2.28. The largest absolute Gasteiger partial charge is 0.326 e. The van der Waals surface area contributed by atoms with Crippen molar-refractivity contribution in [2.24, 2.45) is 0 Å². The van der Waals surface area contributed by atoms with Crippen LogP contribution in [0.15, 0.2) is 18.2 Å². The molecule has 1 aromatic carbocycles. The molecule has 0 saturated heterocycles. The Kier molecular flexibility index (Phi) is 6.74. The first-order valence-corrected chi connectivity index (χ1v) is 10.6. The number of nitrogens with zero attached hydrogens (tertiary/aromatic N) is 3. The Balaban J connectivity index is 2.20. The SMILES string of the molecule is Cc1nn(-c2ccc(Cl)c(Cl)c2)c(NC(=O)N(C)CCNS(C)(=O)=O)c1C. The second-order valence-electron chi connectivity index (χ2n) is 6.09. The van der Waals surface area contributed by atoms with Gasteiger partial charge >= 0.3 is 6.03 Å². The molecule has 0 aliphatic heterocycles. The van der Waals surface area contributed by atoms with Crippen LogP contribution in [0, 0.1) is 13.8 Å². The third-order valence-corrected chi connectivity index (χ3v) is 5.36. The number of anilines is 1. The predicted molar refractivity (Wildman–Crippen MR) is 108 cm³/mol. The standard InChI is InChI=1S/C16H21Cl2N5O3S/c1-10-11(2)21-23(12-5-6-13(17)14(18)9-12)15(10)20-16(24)22(3)8-7-19-27(4,25)26/h5-6,9,19H,7-8H2,1-4H3,(H,20,24). The number of hydrogen-bond acceptors (Lipinski definition) is 4. The van der Waals surface area contributed by atoms with E-state index in [1.165, 1.54) is 4.90 Å². The van der Waals surface area contributed by atoms with Crippen molar-refractivity contribution in [3.8, 4) is 5.69 Å². The van der Waals surface area contributed by atoms with Crippen molar-refractivity contribution < 1.29 is 13.2 Å². The third kappa shape index (κ3) is 5.58. The van der Waals surface area contributed by atoms with Gasteiger partial charge in [-0.15, -0.1) is 0 Å². The van der Waals surface area contributed by atoms with E-state index in [9.17, 15) is 13.2 Å². The number of halogens is 2. The van der Waals surface area contributed by atoms with Gasteiger partial charge in [-0.25, -0.2) is 22.6 Å². The van der Waals surface area contributed by atoms with Gasteiger partial charge in [0, 0.05) is 25.7 Å². The molecule has 0 atom stereocenters. The average Bonchev–Trinajstić information content (AvgIpc) is 2.84. The lowest BCUT2D eigenvalue weighted by molar-refractivity contribution is 0.223. The number of likely N-dealkylation sites (N-methyl/N-ethyl adjacent to an activating group) is 1. The zero-order valence-electron chi connectivity index (χ0n) is 15.4. The van der Waals surface area contributed by atoms with Crippen molar-refractivity contribution in [3.63, 3.8) is 0 Å². The summed E-state index contributed by atoms with van der Waals surface area (Å²) >= 11 is 12.1. The van der Waals surface area contributed by atoms with Gasteiger partial charge in [0.15, 0.2) is 0 Å². The number of carbonyl (C=O) groups excluding carboxylic acids is 1. The van der Waals surface area contributed by atoms with Crippen LogP contribution in [0.25, 0.3) is 5.69 Å². The number of aryl methyl sites for hydroxylation is 1. The summed E-state index contributed by atoms with van der Waals surface area (Å²) in [4.78, 5) is 13.9. The lowest BCUT2D eigenvalue weighted by Crippen LogP contribution is -2.38. The normalized spacial score (nSPS) is 11.5. The van der Waals surface area contributed by atoms with Gasteiger partial charge in [0.25, 0.3) is 0 Å². The molecule has 11 heteroatoms. The van der Waals surface area contributed by atoms with Crippen molar-refractivity contribution in [3.05, 3.63) is 39.5 Å². The van der Waals surface area contributed by atoms with Gasteiger partial charge in [-0.3, -0.25) is 5.32 Å². The molecule has 2 rings (SSSR count). The maximum absolute atomic E-state index is 12.5. The molecule has 0 aliphatic carbocycles. The molecule has 2 aromatic rings. The first-order valence-electron chi connectivity index (χ1n) is 7.98. The number of hydrogen-bond donors (Lipinski definition) is 2. The van der Waals surface area contributed by atoms with Crippen LogP contribution >= 0.6 is 23.2 Å². The van der Waals surface area contributed by atoms with E-state index >= 15 is 0 Å². The fraction of sp³-hybridized carbons (Fsp3) is 0.375. The third-order valence-electron chi connectivity index (χ3n) is 3.89. The summed E-state index contributed by atoms with van der Waals surface area (Å²) in [6, 6.07) is 4.66. The molecule has 0 radical (unpaired) electrons. The molecule has 2 N–H and O–H groups in total. The van der Waals surface area contributed by atoms with Gasteiger partial charge in [0.1, 0.15) is 5.82 Å². The number of amides is 2. The summed E-state index contributed by atoms with van der Waals surface area (Å²) in [7, 11) is -1.73. The first-order chi connectivity index (χ1) is 12.5. The summed E-state index contributed by atoms with van der Waals surface area (Å²) in [5.74, 6) is 0.499. The molecular formula is C16H21Cl2N5O3S. The number of sulfonamides is 1. The first kappa shape index (κ1) is 21.5. The van der Waals surface area contributed by atoms with E-state index in [-0.39, 0.29) is 13.1 Å². The smallest absolute Gasteiger partial charge is 0.322 e. The minimum absolute atomic E-state index is 0.118. The Morgan fingerprint density at radius 2 is 1.93 bits per heavy atom. The monoisotopic (exact) mass is 433 g/mol. The minimum Gasteiger partial charge on any atom is -0.326 e. The maximum Gasteiger partial charge on any atom is 0.322 e. The molecule has 0 spiro atoms. The Morgan fingerprint density at radius 3 is 2.52 bits per heavy atom. The van der Waals surface area contributed by atoms with Crippen molar-refractivity contribution in [1.29, 1.82) is 0 Å². The number of rotatable bonds is 6. The van der Waals surface area contributed by atoms with Crippen LogP contribution in [0.2, 0.25) is 10.0 Å². The molecule has 0 aliphatic rings. The van der Waals surface area contributed by atoms with Crippen LogP contribution in [-0.4, -0.2) is 55.5 Å². The van der Waals surface area contributed by atoms with Crippen molar-refractivity contribution >= 4 is 45.1 Å². The Morgan fingerprint density at radius 1 is 1.26 bits per heavy atom. The van der Waals surface area contributed by atoms with Crippen LogP contribution in [0.3, 0.4) is 0 Å². The van der Waals surface area contributed by atoms with Crippen LogP contribution in [0.1, 0.15) is 11.3 Å². The van der Waals surface area contributed by atoms with E-state index in [2.05, 4.69) is 15.1 Å². The summed E-state index contributed by atoms with van der Waals surface area (Å²) in [6.07, 6.45) is 1.06. The van der Waals surface area contributed by atoms with Crippen molar-refractivity contribution in [1.82, 2.24) is 19.4 Å². The van der Waals surface area contributed by atoms with E-state index in [1.807, 2.05) is 13.8 Å². The topological polar surface area (TPSA) is 96.3 Å². The van der Waals surface area contributed by atoms with Gasteiger partial charge < -0.3 is 4.90 Å². The molecule has 1 heterocycles. The molecule has 8 nitrogen and oxygen atoms in total. The molecule has 2 amide bonds. The molecule has 0 saturated carbocycles. The summed E-state index contributed by atoms with van der Waals surface area (Å²) in [6.45, 7) is 4.00. The lowest BCUT2D eigenvalue weighted by atomic mass is 10.2. The van der Waals surface area contributed by atoms with Gasteiger partial charge in [-0.05, 0) is 32.0 Å². The predicted octanol–water partition coefficient (Wildman–Crippen LogP) is 2.81. The summed E-state index contributed by atoms with van der Waals surface area (Å²) < 4.78 is 26.1. The molecular weight excluding hydrogens is 413 g/mol. The molecule has 0 bridgehead atoms. The number of aromatic nitrogens is 2. The van der Waals surface area contributed by atoms with Gasteiger partial charge in [-0.2, -0.15) is 5.10 Å². The summed E-state index contributed by atoms with van der Waals surface area (Å²) in [5.41, 5.74) is 2.20. The minimum atomic E-state index is -3.30. The Bertz CT molecular complexity index is 959. The van der Waals surface area contributed by atoms with E-state index in [1.54, 1.807) is 29.9 Å². The zero-order valence-corrected chi connectivity index (χ0v) is 17.7. The van der Waals surface area contributed by atoms with Crippen molar-refractivity contribution in [2.75, 3.05) is 31.7 Å². The second-order valence-corrected chi connectivity index (χ2v) is 8.73. The Labute approximate surface area is 168 Å². The lowest BCUT2D eigenvalue weighted by Gasteiger charge is -2.19. The summed E-state index contributed by atoms with van der Waals surface area (Å²) in [5, 5.41) is 8.06. The second kappa shape index (κ2) is 8.47. The molecule has 1 aromatic heterocycles. The quantitative estimate of drug-likeness (QED) is 0.731. The molecule has 0 unspecified atom stereocenters. The van der Waals surface area contributed by atoms with Crippen LogP contribution < -0.4 is 10.0 Å². The Hall–Kier alpha value is -1.81. The van der Waals surface area contributed by atoms with Gasteiger partial charge in [0.2, 0.25) is 10.0 Å². The van der Waals surface area contributed by atoms with Gasteiger partial charge in [0.05, 0.1) is 27.7 Å². The highest BCUT2D eigenvalue weighted by molar-refractivity contribution is 7.88. The van der Waals surface area contributed by atoms with Crippen LogP contribution in [0.5, 0.6) is 0 Å². The highest BCUT2D eigenvalue weighted by Gasteiger charge is 2.18. The van der Waals surface area contributed by atoms with E-state index < -0.39 is 16.1 Å². The van der Waals surface area contributed by atoms with E-state index in [0.717, 1.165) is 17.5 Å². The highest BCUT2D eigenvalue weighted by atomic mass is 35.5. The molecule has 27 heavy (non-hydrogen) atoms. The van der Waals surface area contributed by atoms with E-state index in [0.29, 0.717) is 21.6 Å². The zero-order chi connectivity index (χ0) is 20.4. The number of benzene rings is 1. The van der Waals surface area contributed by atoms with Crippen molar-refractivity contribution in [2.45, 2.75) is 13.8 Å². The maximum atomic E-state index is 12.5. The number of nitrogens with one attached hydrogen (secondary N) is 2. The number of carbonyl (C=O) groups is 1. The fourth-order valence-electron chi connectivity index (χ4n) is 2.25. The van der Waals surface area contributed by atoms with Gasteiger partial charge in [-0.1, -0.05) is 23.2 Å². The molecule has 148 valence electrons. The number of urea groups is 1. The average molecular weight is 434 g/mol. The molecule has 0 fully saturated rings.